The van der Waals surface area contributed by atoms with Gasteiger partial charge in [-0.2, -0.15) is 4.57 Å². The van der Waals surface area contributed by atoms with Crippen molar-refractivity contribution in [3.63, 3.8) is 0 Å². The van der Waals surface area contributed by atoms with Crippen LogP contribution in [0.5, 0.6) is 0 Å². The summed E-state index contributed by atoms with van der Waals surface area (Å²) in [6.45, 7) is 0.562. The molecule has 0 saturated heterocycles. The zero-order valence-corrected chi connectivity index (χ0v) is 13.1. The summed E-state index contributed by atoms with van der Waals surface area (Å²) in [5.41, 5.74) is -1.64. The van der Waals surface area contributed by atoms with Crippen LogP contribution in [0.25, 0.3) is 0 Å². The maximum absolute atomic E-state index is 12.1. The van der Waals surface area contributed by atoms with Crippen LogP contribution < -0.4 is 4.57 Å². The number of ether oxygens (including phenoxy) is 2. The minimum atomic E-state index is -5.17. The molecule has 1 rings (SSSR count). The summed E-state index contributed by atoms with van der Waals surface area (Å²) in [6.07, 6.45) is 1.56. The van der Waals surface area contributed by atoms with Crippen molar-refractivity contribution in [2.24, 2.45) is 0 Å². The monoisotopic (exact) mass is 332 g/mol. The average Bonchev–Trinajstić information content (AvgIpc) is 2.50. The van der Waals surface area contributed by atoms with Gasteiger partial charge in [-0.3, -0.25) is 0 Å². The van der Waals surface area contributed by atoms with Crippen molar-refractivity contribution in [1.82, 2.24) is 4.31 Å². The molecule has 1 heterocycles. The number of aromatic nitrogens is 1. The molecule has 0 aliphatic heterocycles. The topological polar surface area (TPSA) is 117 Å². The Morgan fingerprint density at radius 3 is 2.14 bits per heavy atom. The molecule has 0 saturated carbocycles. The van der Waals surface area contributed by atoms with Gasteiger partial charge in [-0.25, -0.2) is 22.3 Å². The first kappa shape index (κ1) is 17.9. The lowest BCUT2D eigenvalue weighted by Gasteiger charge is -2.29. The Balaban J connectivity index is 3.35. The molecule has 1 aromatic rings. The van der Waals surface area contributed by atoms with Crippen LogP contribution in [0.1, 0.15) is 6.92 Å². The Morgan fingerprint density at radius 1 is 1.18 bits per heavy atom. The molecule has 0 fully saturated rings. The number of pyridine rings is 1. The number of methoxy groups -OCH3 is 2. The highest BCUT2D eigenvalue weighted by Crippen LogP contribution is 2.15. The van der Waals surface area contributed by atoms with Crippen LogP contribution in [0.3, 0.4) is 0 Å². The van der Waals surface area contributed by atoms with E-state index in [9.17, 15) is 22.6 Å². The summed E-state index contributed by atoms with van der Waals surface area (Å²) in [7, 11) is -3.14. The van der Waals surface area contributed by atoms with Gasteiger partial charge in [0.2, 0.25) is 0 Å². The second-order valence-corrected chi connectivity index (χ2v) is 5.78. The number of nitrogens with zero attached hydrogens (tertiary/aromatic N) is 2. The van der Waals surface area contributed by atoms with Crippen LogP contribution in [-0.2, 0) is 30.1 Å². The number of carbonyl (C=O) groups excluding carboxylic acids is 2. The molecule has 0 spiro atoms. The van der Waals surface area contributed by atoms with Gasteiger partial charge in [-0.1, -0.05) is 6.07 Å². The van der Waals surface area contributed by atoms with Gasteiger partial charge in [0.1, 0.15) is 6.54 Å². The molecule has 0 aliphatic rings. The van der Waals surface area contributed by atoms with Gasteiger partial charge in [-0.05, 0) is 0 Å². The summed E-state index contributed by atoms with van der Waals surface area (Å²) < 4.78 is 44.0. The van der Waals surface area contributed by atoms with Crippen molar-refractivity contribution >= 4 is 22.4 Å². The molecule has 0 N–H and O–H groups in total. The zero-order valence-electron chi connectivity index (χ0n) is 12.3. The largest absolute Gasteiger partial charge is 0.731 e. The number of carbonyl (C=O) groups is 2. The number of rotatable bonds is 5. The van der Waals surface area contributed by atoms with Gasteiger partial charge >= 0.3 is 12.1 Å². The van der Waals surface area contributed by atoms with Gasteiger partial charge < -0.3 is 14.0 Å². The summed E-state index contributed by atoms with van der Waals surface area (Å²) in [5, 5.41) is 0. The number of esters is 1. The number of hydrogen-bond donors (Lipinski definition) is 0. The van der Waals surface area contributed by atoms with Crippen LogP contribution in [0.4, 0.5) is 4.79 Å². The fraction of sp³-hybridized carbons (Fsp3) is 0.417. The van der Waals surface area contributed by atoms with Crippen LogP contribution in [0.2, 0.25) is 0 Å². The number of hydrogen-bond acceptors (Lipinski definition) is 7. The fourth-order valence-electron chi connectivity index (χ4n) is 1.82. The highest BCUT2D eigenvalue weighted by Gasteiger charge is 2.48. The predicted molar refractivity (Wildman–Crippen MR) is 71.1 cm³/mol. The Bertz CT molecular complexity index is 647. The molecular formula is C12H16N2O7S. The molecule has 0 radical (unpaired) electrons. The van der Waals surface area contributed by atoms with Gasteiger partial charge in [0, 0.05) is 19.1 Å². The Kier molecular flexibility index (Phi) is 5.44. The lowest BCUT2D eigenvalue weighted by atomic mass is 10.0. The highest BCUT2D eigenvalue weighted by atomic mass is 32.2. The first-order valence-corrected chi connectivity index (χ1v) is 7.40. The second-order valence-electron chi connectivity index (χ2n) is 4.48. The van der Waals surface area contributed by atoms with E-state index in [0.717, 1.165) is 14.2 Å². The van der Waals surface area contributed by atoms with Gasteiger partial charge in [0.15, 0.2) is 22.7 Å². The lowest BCUT2D eigenvalue weighted by Crippen LogP contribution is -2.65. The van der Waals surface area contributed by atoms with E-state index < -0.39 is 34.5 Å². The van der Waals surface area contributed by atoms with E-state index in [1.54, 1.807) is 18.2 Å². The molecule has 9 nitrogen and oxygen atoms in total. The molecule has 0 unspecified atom stereocenters. The molecule has 122 valence electrons. The molecule has 0 bridgehead atoms. The molecule has 1 atom stereocenters. The van der Waals surface area contributed by atoms with Gasteiger partial charge in [0.25, 0.3) is 5.54 Å². The first-order valence-electron chi connectivity index (χ1n) is 6.03. The third kappa shape index (κ3) is 3.71. The molecule has 10 heteroatoms. The molecular weight excluding hydrogens is 316 g/mol. The zero-order chi connectivity index (χ0) is 17.0. The Morgan fingerprint density at radius 2 is 1.73 bits per heavy atom. The average molecular weight is 332 g/mol. The number of amides is 1. The normalized spacial score (nSPS) is 13.8. The SMILES string of the molecule is COC(=O)N(C[C@@](C)(C(=O)OC)[n+]1ccccc1)S(=O)(=O)[O-]. The fourth-order valence-corrected chi connectivity index (χ4v) is 2.48. The minimum absolute atomic E-state index is 0.0656. The van der Waals surface area contributed by atoms with Crippen LogP contribution in [-0.4, -0.2) is 50.1 Å². The minimum Gasteiger partial charge on any atom is -0.731 e. The van der Waals surface area contributed by atoms with Crippen molar-refractivity contribution < 1.29 is 36.6 Å². The summed E-state index contributed by atoms with van der Waals surface area (Å²) in [4.78, 5) is 23.6. The summed E-state index contributed by atoms with van der Waals surface area (Å²) in [5.74, 6) is -0.832. The van der Waals surface area contributed by atoms with E-state index in [-0.39, 0.29) is 4.31 Å². The Hall–Kier alpha value is -2.20. The smallest absolute Gasteiger partial charge is 0.422 e. The van der Waals surface area contributed by atoms with E-state index in [0.29, 0.717) is 0 Å². The maximum Gasteiger partial charge on any atom is 0.422 e. The van der Waals surface area contributed by atoms with Crippen molar-refractivity contribution in [3.8, 4) is 0 Å². The quantitative estimate of drug-likeness (QED) is 0.401. The lowest BCUT2D eigenvalue weighted by molar-refractivity contribution is -0.746. The maximum atomic E-state index is 12.1. The van der Waals surface area contributed by atoms with Crippen LogP contribution >= 0.6 is 0 Å². The van der Waals surface area contributed by atoms with E-state index in [1.807, 2.05) is 0 Å². The van der Waals surface area contributed by atoms with Crippen molar-refractivity contribution in [1.29, 1.82) is 0 Å². The standard InChI is InChI=1S/C12H16N2O7S/c1-12(10(15)20-2,13-7-5-4-6-8-13)9-14(11(16)21-3)22(17,18)19/h4-8H,9H2,1-3H3/t12-/m0/s1. The molecule has 1 aromatic heterocycles. The third-order valence-corrected chi connectivity index (χ3v) is 3.83. The highest BCUT2D eigenvalue weighted by molar-refractivity contribution is 7.83. The molecule has 0 aromatic carbocycles. The van der Waals surface area contributed by atoms with E-state index >= 15 is 0 Å². The third-order valence-electron chi connectivity index (χ3n) is 3.01. The van der Waals surface area contributed by atoms with Crippen molar-refractivity contribution in [2.75, 3.05) is 20.8 Å². The molecule has 22 heavy (non-hydrogen) atoms. The van der Waals surface area contributed by atoms with E-state index in [2.05, 4.69) is 9.47 Å². The van der Waals surface area contributed by atoms with Crippen LogP contribution in [0, 0.1) is 0 Å². The molecule has 1 amide bonds. The molecule has 0 aliphatic carbocycles. The second kappa shape index (κ2) is 6.71. The summed E-state index contributed by atoms with van der Waals surface area (Å²) in [6, 6.07) is 4.86. The van der Waals surface area contributed by atoms with Gasteiger partial charge in [0.05, 0.1) is 14.2 Å². The Labute approximate surface area is 127 Å². The van der Waals surface area contributed by atoms with Crippen LogP contribution in [0.15, 0.2) is 30.6 Å². The van der Waals surface area contributed by atoms with Gasteiger partial charge in [-0.15, -0.1) is 0 Å². The summed E-state index contributed by atoms with van der Waals surface area (Å²) >= 11 is 0. The predicted octanol–water partition coefficient (Wildman–Crippen LogP) is -0.609. The van der Waals surface area contributed by atoms with Crippen molar-refractivity contribution in [3.05, 3.63) is 30.6 Å². The van der Waals surface area contributed by atoms with Crippen molar-refractivity contribution in [2.45, 2.75) is 12.5 Å². The van der Waals surface area contributed by atoms with E-state index in [1.165, 1.54) is 23.9 Å². The van der Waals surface area contributed by atoms with E-state index in [4.69, 9.17) is 0 Å². The first-order chi connectivity index (χ1) is 10.2.